The van der Waals surface area contributed by atoms with Crippen LogP contribution in [0, 0.1) is 5.82 Å². The van der Waals surface area contributed by atoms with Crippen LogP contribution >= 0.6 is 15.9 Å². The zero-order valence-electron chi connectivity index (χ0n) is 9.28. The third-order valence-corrected chi connectivity index (χ3v) is 2.52. The van der Waals surface area contributed by atoms with Crippen LogP contribution in [0.4, 0.5) is 4.39 Å². The van der Waals surface area contributed by atoms with Crippen LogP contribution in [0.3, 0.4) is 0 Å². The summed E-state index contributed by atoms with van der Waals surface area (Å²) in [5.41, 5.74) is 0.287. The number of hydrogen-bond donors (Lipinski definition) is 0. The van der Waals surface area contributed by atoms with Crippen LogP contribution in [0.2, 0.25) is 0 Å². The molecule has 0 aliphatic heterocycles. The number of alkyl halides is 1. The Kier molecular flexibility index (Phi) is 4.86. The summed E-state index contributed by atoms with van der Waals surface area (Å²) in [6.45, 7) is 4.44. The molecule has 0 aromatic carbocycles. The standard InChI is InChI=1S/C11H14BrFN2O/c1-8(2)15(4-3-12)11(16)9-5-10(13)7-14-6-9/h5-8H,3-4H2,1-2H3. The molecule has 88 valence electrons. The van der Waals surface area contributed by atoms with Gasteiger partial charge in [-0.2, -0.15) is 0 Å². The van der Waals surface area contributed by atoms with Gasteiger partial charge in [0.2, 0.25) is 0 Å². The van der Waals surface area contributed by atoms with E-state index in [2.05, 4.69) is 20.9 Å². The molecule has 0 N–H and O–H groups in total. The molecule has 0 aliphatic rings. The first-order chi connectivity index (χ1) is 7.56. The average Bonchev–Trinajstić information content (AvgIpc) is 2.24. The Hall–Kier alpha value is -0.970. The van der Waals surface area contributed by atoms with Crippen molar-refractivity contribution in [2.24, 2.45) is 0 Å². The number of carbonyl (C=O) groups excluding carboxylic acids is 1. The maximum atomic E-state index is 12.9. The highest BCUT2D eigenvalue weighted by molar-refractivity contribution is 9.09. The second-order valence-electron chi connectivity index (χ2n) is 3.67. The largest absolute Gasteiger partial charge is 0.335 e. The van der Waals surface area contributed by atoms with Crippen molar-refractivity contribution in [1.29, 1.82) is 0 Å². The fraction of sp³-hybridized carbons (Fsp3) is 0.455. The molecule has 0 saturated heterocycles. The predicted octanol–water partition coefficient (Wildman–Crippen LogP) is 2.47. The number of hydrogen-bond acceptors (Lipinski definition) is 2. The van der Waals surface area contributed by atoms with Gasteiger partial charge in [-0.3, -0.25) is 9.78 Å². The second kappa shape index (κ2) is 5.94. The van der Waals surface area contributed by atoms with Crippen LogP contribution in [0.1, 0.15) is 24.2 Å². The normalized spacial score (nSPS) is 10.6. The fourth-order valence-corrected chi connectivity index (χ4v) is 1.76. The van der Waals surface area contributed by atoms with Crippen LogP contribution in [0.25, 0.3) is 0 Å². The zero-order chi connectivity index (χ0) is 12.1. The van der Waals surface area contributed by atoms with Crippen molar-refractivity contribution < 1.29 is 9.18 Å². The van der Waals surface area contributed by atoms with Crippen molar-refractivity contribution in [2.45, 2.75) is 19.9 Å². The number of amides is 1. The average molecular weight is 289 g/mol. The highest BCUT2D eigenvalue weighted by atomic mass is 79.9. The first-order valence-electron chi connectivity index (χ1n) is 5.03. The zero-order valence-corrected chi connectivity index (χ0v) is 10.9. The topological polar surface area (TPSA) is 33.2 Å². The quantitative estimate of drug-likeness (QED) is 0.798. The highest BCUT2D eigenvalue weighted by Gasteiger charge is 2.18. The highest BCUT2D eigenvalue weighted by Crippen LogP contribution is 2.09. The number of aromatic nitrogens is 1. The van der Waals surface area contributed by atoms with Gasteiger partial charge >= 0.3 is 0 Å². The van der Waals surface area contributed by atoms with E-state index in [4.69, 9.17) is 0 Å². The van der Waals surface area contributed by atoms with Crippen molar-refractivity contribution >= 4 is 21.8 Å². The molecule has 1 aromatic heterocycles. The summed E-state index contributed by atoms with van der Waals surface area (Å²) in [5, 5.41) is 0.694. The molecule has 1 heterocycles. The van der Waals surface area contributed by atoms with E-state index in [1.54, 1.807) is 4.90 Å². The van der Waals surface area contributed by atoms with Gasteiger partial charge in [0.15, 0.2) is 0 Å². The van der Waals surface area contributed by atoms with Crippen molar-refractivity contribution in [3.63, 3.8) is 0 Å². The molecule has 0 radical (unpaired) electrons. The summed E-state index contributed by atoms with van der Waals surface area (Å²) < 4.78 is 12.9. The van der Waals surface area contributed by atoms with E-state index in [-0.39, 0.29) is 17.5 Å². The molecule has 0 aliphatic carbocycles. The molecule has 0 fully saturated rings. The Morgan fingerprint density at radius 1 is 1.56 bits per heavy atom. The Bertz CT molecular complexity index is 371. The molecule has 0 saturated carbocycles. The van der Waals surface area contributed by atoms with Crippen LogP contribution in [0.5, 0.6) is 0 Å². The van der Waals surface area contributed by atoms with Crippen LogP contribution < -0.4 is 0 Å². The van der Waals surface area contributed by atoms with Crippen LogP contribution in [-0.2, 0) is 0 Å². The van der Waals surface area contributed by atoms with Gasteiger partial charge in [-0.25, -0.2) is 4.39 Å². The molecule has 3 nitrogen and oxygen atoms in total. The lowest BCUT2D eigenvalue weighted by Crippen LogP contribution is -2.38. The van der Waals surface area contributed by atoms with Gasteiger partial charge in [-0.1, -0.05) is 15.9 Å². The van der Waals surface area contributed by atoms with E-state index in [1.807, 2.05) is 13.8 Å². The maximum Gasteiger partial charge on any atom is 0.255 e. The van der Waals surface area contributed by atoms with E-state index in [0.29, 0.717) is 11.9 Å². The molecule has 1 rings (SSSR count). The smallest absolute Gasteiger partial charge is 0.255 e. The van der Waals surface area contributed by atoms with E-state index in [1.165, 1.54) is 12.3 Å². The Morgan fingerprint density at radius 3 is 2.75 bits per heavy atom. The monoisotopic (exact) mass is 288 g/mol. The molecular formula is C11H14BrFN2O. The van der Waals surface area contributed by atoms with Gasteiger partial charge in [0, 0.05) is 24.1 Å². The second-order valence-corrected chi connectivity index (χ2v) is 4.47. The predicted molar refractivity (Wildman–Crippen MR) is 64.2 cm³/mol. The van der Waals surface area contributed by atoms with Gasteiger partial charge in [0.1, 0.15) is 5.82 Å². The minimum atomic E-state index is -0.492. The first-order valence-corrected chi connectivity index (χ1v) is 6.16. The lowest BCUT2D eigenvalue weighted by Gasteiger charge is -2.25. The summed E-state index contributed by atoms with van der Waals surface area (Å²) in [7, 11) is 0. The summed E-state index contributed by atoms with van der Waals surface area (Å²) in [6.07, 6.45) is 2.47. The summed E-state index contributed by atoms with van der Waals surface area (Å²) in [4.78, 5) is 17.4. The Morgan fingerprint density at radius 2 is 2.25 bits per heavy atom. The van der Waals surface area contributed by atoms with Crippen molar-refractivity contribution in [3.8, 4) is 0 Å². The van der Waals surface area contributed by atoms with Crippen molar-refractivity contribution in [1.82, 2.24) is 9.88 Å². The summed E-state index contributed by atoms with van der Waals surface area (Å²) in [5.74, 6) is -0.685. The lowest BCUT2D eigenvalue weighted by atomic mass is 10.2. The minimum Gasteiger partial charge on any atom is -0.335 e. The lowest BCUT2D eigenvalue weighted by molar-refractivity contribution is 0.0718. The number of rotatable bonds is 4. The number of pyridine rings is 1. The number of halogens is 2. The fourth-order valence-electron chi connectivity index (χ4n) is 1.38. The molecule has 1 amide bonds. The van der Waals surface area contributed by atoms with Gasteiger partial charge in [0.05, 0.1) is 11.8 Å². The van der Waals surface area contributed by atoms with Gasteiger partial charge in [-0.05, 0) is 19.9 Å². The van der Waals surface area contributed by atoms with Gasteiger partial charge in [-0.15, -0.1) is 0 Å². The Labute approximate surface area is 103 Å². The van der Waals surface area contributed by atoms with Crippen LogP contribution in [0.15, 0.2) is 18.5 Å². The van der Waals surface area contributed by atoms with Gasteiger partial charge < -0.3 is 4.90 Å². The van der Waals surface area contributed by atoms with E-state index in [0.717, 1.165) is 6.20 Å². The molecule has 16 heavy (non-hydrogen) atoms. The number of nitrogens with zero attached hydrogens (tertiary/aromatic N) is 2. The van der Waals surface area contributed by atoms with Crippen LogP contribution in [-0.4, -0.2) is 33.7 Å². The molecule has 0 unspecified atom stereocenters. The SMILES string of the molecule is CC(C)N(CCBr)C(=O)c1cncc(F)c1. The molecule has 5 heteroatoms. The molecular weight excluding hydrogens is 275 g/mol. The maximum absolute atomic E-state index is 12.9. The minimum absolute atomic E-state index is 0.0771. The van der Waals surface area contributed by atoms with Gasteiger partial charge in [0.25, 0.3) is 5.91 Å². The molecule has 0 bridgehead atoms. The molecule has 1 aromatic rings. The first kappa shape index (κ1) is 13.1. The third-order valence-electron chi connectivity index (χ3n) is 2.16. The molecule has 0 atom stereocenters. The van der Waals surface area contributed by atoms with E-state index < -0.39 is 5.82 Å². The molecule has 0 spiro atoms. The summed E-state index contributed by atoms with van der Waals surface area (Å²) in [6, 6.07) is 1.28. The third kappa shape index (κ3) is 3.27. The Balaban J connectivity index is 2.90. The van der Waals surface area contributed by atoms with E-state index >= 15 is 0 Å². The number of carbonyl (C=O) groups is 1. The van der Waals surface area contributed by atoms with Crippen molar-refractivity contribution in [3.05, 3.63) is 29.8 Å². The van der Waals surface area contributed by atoms with E-state index in [9.17, 15) is 9.18 Å². The summed E-state index contributed by atoms with van der Waals surface area (Å²) >= 11 is 3.29. The van der Waals surface area contributed by atoms with Crippen molar-refractivity contribution in [2.75, 3.05) is 11.9 Å².